The summed E-state index contributed by atoms with van der Waals surface area (Å²) in [5, 5.41) is 3.58. The molecule has 108 valence electrons. The van der Waals surface area contributed by atoms with Crippen molar-refractivity contribution in [2.75, 3.05) is 33.3 Å². The van der Waals surface area contributed by atoms with E-state index in [0.29, 0.717) is 17.6 Å². The predicted octanol–water partition coefficient (Wildman–Crippen LogP) is 2.51. The number of likely N-dealkylation sites (N-methyl/N-ethyl adjacent to an activating group) is 1. The quantitative estimate of drug-likeness (QED) is 0.675. The number of rotatable bonds is 8. The van der Waals surface area contributed by atoms with Crippen molar-refractivity contribution in [3.63, 3.8) is 0 Å². The first-order valence-corrected chi connectivity index (χ1v) is 7.55. The highest BCUT2D eigenvalue weighted by Gasteiger charge is 2.32. The van der Waals surface area contributed by atoms with Gasteiger partial charge in [-0.3, -0.25) is 0 Å². The van der Waals surface area contributed by atoms with Crippen LogP contribution in [0.1, 0.15) is 47.0 Å². The summed E-state index contributed by atoms with van der Waals surface area (Å²) in [7, 11) is 2.25. The van der Waals surface area contributed by atoms with Gasteiger partial charge >= 0.3 is 0 Å². The van der Waals surface area contributed by atoms with Gasteiger partial charge in [0, 0.05) is 25.7 Å². The van der Waals surface area contributed by atoms with E-state index in [0.717, 1.165) is 26.2 Å². The topological polar surface area (TPSA) is 24.5 Å². The normalized spacial score (nSPS) is 27.7. The van der Waals surface area contributed by atoms with Crippen LogP contribution in [-0.2, 0) is 4.74 Å². The molecule has 1 aliphatic heterocycles. The zero-order chi connectivity index (χ0) is 13.6. The van der Waals surface area contributed by atoms with Crippen LogP contribution in [0.15, 0.2) is 0 Å². The van der Waals surface area contributed by atoms with Crippen molar-refractivity contribution < 1.29 is 4.74 Å². The van der Waals surface area contributed by atoms with Crippen LogP contribution >= 0.6 is 0 Å². The monoisotopic (exact) mass is 256 g/mol. The average molecular weight is 256 g/mol. The van der Waals surface area contributed by atoms with Gasteiger partial charge in [-0.15, -0.1) is 0 Å². The van der Waals surface area contributed by atoms with E-state index in [-0.39, 0.29) is 0 Å². The van der Waals surface area contributed by atoms with Crippen LogP contribution in [0, 0.1) is 5.41 Å². The minimum Gasteiger partial charge on any atom is -0.377 e. The van der Waals surface area contributed by atoms with Crippen molar-refractivity contribution in [3.05, 3.63) is 0 Å². The van der Waals surface area contributed by atoms with Crippen molar-refractivity contribution in [2.45, 2.75) is 59.1 Å². The highest BCUT2D eigenvalue weighted by molar-refractivity contribution is 4.86. The highest BCUT2D eigenvalue weighted by Crippen LogP contribution is 2.25. The molecular formula is C15H32N2O. The Balaban J connectivity index is 2.45. The second-order valence-electron chi connectivity index (χ2n) is 6.19. The fourth-order valence-corrected chi connectivity index (χ4v) is 2.88. The van der Waals surface area contributed by atoms with Gasteiger partial charge in [-0.25, -0.2) is 0 Å². The standard InChI is InChI=1S/C15H32N2O/c1-6-9-16-11-15(4,7-2)12-17(5)14-8-10-18-13(14)3/h13-14,16H,6-12H2,1-5H3. The Bertz CT molecular complexity index is 235. The molecule has 0 aliphatic carbocycles. The van der Waals surface area contributed by atoms with Crippen molar-refractivity contribution >= 4 is 0 Å². The first kappa shape index (κ1) is 15.9. The summed E-state index contributed by atoms with van der Waals surface area (Å²) in [4.78, 5) is 2.51. The molecule has 3 heteroatoms. The first-order valence-electron chi connectivity index (χ1n) is 7.55. The van der Waals surface area contributed by atoms with Gasteiger partial charge in [0.15, 0.2) is 0 Å². The lowest BCUT2D eigenvalue weighted by molar-refractivity contribution is 0.0653. The van der Waals surface area contributed by atoms with E-state index in [1.807, 2.05) is 0 Å². The average Bonchev–Trinajstić information content (AvgIpc) is 2.76. The van der Waals surface area contributed by atoms with Gasteiger partial charge in [-0.2, -0.15) is 0 Å². The molecule has 0 aromatic heterocycles. The van der Waals surface area contributed by atoms with Gasteiger partial charge in [0.05, 0.1) is 6.10 Å². The second-order valence-corrected chi connectivity index (χ2v) is 6.19. The van der Waals surface area contributed by atoms with Gasteiger partial charge < -0.3 is 15.0 Å². The molecule has 1 rings (SSSR count). The summed E-state index contributed by atoms with van der Waals surface area (Å²) >= 11 is 0. The molecule has 1 fully saturated rings. The third-order valence-electron chi connectivity index (χ3n) is 4.37. The third kappa shape index (κ3) is 4.52. The molecule has 0 saturated carbocycles. The highest BCUT2D eigenvalue weighted by atomic mass is 16.5. The molecule has 1 N–H and O–H groups in total. The Morgan fingerprint density at radius 2 is 2.11 bits per heavy atom. The number of nitrogens with zero attached hydrogens (tertiary/aromatic N) is 1. The SMILES string of the molecule is CCCNCC(C)(CC)CN(C)C1CCOC1C. The van der Waals surface area contributed by atoms with Gasteiger partial charge in [0.2, 0.25) is 0 Å². The van der Waals surface area contributed by atoms with Crippen molar-refractivity contribution in [1.29, 1.82) is 0 Å². The van der Waals surface area contributed by atoms with Gasteiger partial charge in [0.25, 0.3) is 0 Å². The minimum absolute atomic E-state index is 0.367. The summed E-state index contributed by atoms with van der Waals surface area (Å²) in [5.41, 5.74) is 0.367. The number of hydrogen-bond acceptors (Lipinski definition) is 3. The fourth-order valence-electron chi connectivity index (χ4n) is 2.88. The molecule has 0 aromatic carbocycles. The lowest BCUT2D eigenvalue weighted by Gasteiger charge is -2.37. The smallest absolute Gasteiger partial charge is 0.0702 e. The molecule has 0 radical (unpaired) electrons. The molecule has 0 amide bonds. The molecule has 1 heterocycles. The minimum atomic E-state index is 0.367. The van der Waals surface area contributed by atoms with Crippen molar-refractivity contribution in [2.24, 2.45) is 5.41 Å². The molecule has 3 atom stereocenters. The van der Waals surface area contributed by atoms with E-state index >= 15 is 0 Å². The van der Waals surface area contributed by atoms with Crippen LogP contribution in [0.3, 0.4) is 0 Å². The summed E-state index contributed by atoms with van der Waals surface area (Å²) in [6.07, 6.45) is 4.00. The summed E-state index contributed by atoms with van der Waals surface area (Å²) in [6, 6.07) is 0.599. The summed E-state index contributed by atoms with van der Waals surface area (Å²) in [6.45, 7) is 13.4. The Morgan fingerprint density at radius 3 is 2.61 bits per heavy atom. The molecule has 3 unspecified atom stereocenters. The van der Waals surface area contributed by atoms with Crippen molar-refractivity contribution in [3.8, 4) is 0 Å². The first-order chi connectivity index (χ1) is 8.52. The van der Waals surface area contributed by atoms with Crippen LogP contribution in [0.4, 0.5) is 0 Å². The van der Waals surface area contributed by atoms with Crippen LogP contribution in [0.25, 0.3) is 0 Å². The molecule has 0 aromatic rings. The van der Waals surface area contributed by atoms with E-state index < -0.39 is 0 Å². The third-order valence-corrected chi connectivity index (χ3v) is 4.37. The van der Waals surface area contributed by atoms with Gasteiger partial charge in [-0.05, 0) is 45.2 Å². The predicted molar refractivity (Wildman–Crippen MR) is 78.0 cm³/mol. The van der Waals surface area contributed by atoms with E-state index in [9.17, 15) is 0 Å². The molecule has 1 saturated heterocycles. The maximum Gasteiger partial charge on any atom is 0.0702 e. The van der Waals surface area contributed by atoms with E-state index in [4.69, 9.17) is 4.74 Å². The molecule has 0 spiro atoms. The number of nitrogens with one attached hydrogen (secondary N) is 1. The van der Waals surface area contributed by atoms with E-state index in [1.54, 1.807) is 0 Å². The lowest BCUT2D eigenvalue weighted by Crippen LogP contribution is -2.46. The zero-order valence-electron chi connectivity index (χ0n) is 13.0. The maximum atomic E-state index is 5.68. The Morgan fingerprint density at radius 1 is 1.39 bits per heavy atom. The lowest BCUT2D eigenvalue weighted by atomic mass is 9.86. The Labute approximate surface area is 113 Å². The molecule has 18 heavy (non-hydrogen) atoms. The van der Waals surface area contributed by atoms with E-state index in [1.165, 1.54) is 19.3 Å². The Kier molecular flexibility index (Phi) is 6.61. The zero-order valence-corrected chi connectivity index (χ0v) is 13.0. The molecular weight excluding hydrogens is 224 g/mol. The van der Waals surface area contributed by atoms with Crippen LogP contribution in [-0.4, -0.2) is 50.3 Å². The van der Waals surface area contributed by atoms with Crippen molar-refractivity contribution in [1.82, 2.24) is 10.2 Å². The summed E-state index contributed by atoms with van der Waals surface area (Å²) < 4.78 is 5.68. The fraction of sp³-hybridized carbons (Fsp3) is 1.00. The maximum absolute atomic E-state index is 5.68. The van der Waals surface area contributed by atoms with Gasteiger partial charge in [0.1, 0.15) is 0 Å². The van der Waals surface area contributed by atoms with Crippen LogP contribution in [0.2, 0.25) is 0 Å². The van der Waals surface area contributed by atoms with Gasteiger partial charge in [-0.1, -0.05) is 20.8 Å². The van der Waals surface area contributed by atoms with Crippen LogP contribution in [0.5, 0.6) is 0 Å². The Hall–Kier alpha value is -0.120. The number of hydrogen-bond donors (Lipinski definition) is 1. The second kappa shape index (κ2) is 7.46. The van der Waals surface area contributed by atoms with E-state index in [2.05, 4.69) is 45.0 Å². The number of ether oxygens (including phenoxy) is 1. The largest absolute Gasteiger partial charge is 0.377 e. The molecule has 0 bridgehead atoms. The molecule has 3 nitrogen and oxygen atoms in total. The van der Waals surface area contributed by atoms with Crippen LogP contribution < -0.4 is 5.32 Å². The summed E-state index contributed by atoms with van der Waals surface area (Å²) in [5.74, 6) is 0. The molecule has 1 aliphatic rings.